The Bertz CT molecular complexity index is 1040. The molecule has 1 fully saturated rings. The van der Waals surface area contributed by atoms with Crippen molar-refractivity contribution in [1.29, 1.82) is 0 Å². The Morgan fingerprint density at radius 2 is 1.94 bits per heavy atom. The fraction of sp³-hybridized carbons (Fsp3) is 0.333. The maximum absolute atomic E-state index is 13.8. The minimum atomic E-state index is -0.487. The molecule has 0 unspecified atom stereocenters. The lowest BCUT2D eigenvalue weighted by Gasteiger charge is -2.33. The van der Waals surface area contributed by atoms with Crippen LogP contribution < -0.4 is 9.47 Å². The number of halogens is 1. The monoisotopic (exact) mass is 424 g/mol. The highest BCUT2D eigenvalue weighted by atomic mass is 19.1. The zero-order valence-electron chi connectivity index (χ0n) is 17.4. The Morgan fingerprint density at radius 3 is 2.74 bits per heavy atom. The first-order valence-corrected chi connectivity index (χ1v) is 10.4. The van der Waals surface area contributed by atoms with Gasteiger partial charge in [0.1, 0.15) is 17.6 Å². The summed E-state index contributed by atoms with van der Waals surface area (Å²) >= 11 is 0. The lowest BCUT2D eigenvalue weighted by Crippen LogP contribution is -2.41. The number of ether oxygens (including phenoxy) is 2. The number of piperidine rings is 1. The Balaban J connectivity index is 1.45. The van der Waals surface area contributed by atoms with Crippen molar-refractivity contribution in [2.24, 2.45) is 0 Å². The number of carbonyl (C=O) groups excluding carboxylic acids is 1. The Kier molecular flexibility index (Phi) is 6.50. The van der Waals surface area contributed by atoms with E-state index in [1.807, 2.05) is 24.3 Å². The van der Waals surface area contributed by atoms with Gasteiger partial charge in [-0.3, -0.25) is 4.79 Å². The molecule has 2 heterocycles. The van der Waals surface area contributed by atoms with Gasteiger partial charge in [-0.05, 0) is 37.5 Å². The maximum Gasteiger partial charge on any atom is 0.261 e. The second kappa shape index (κ2) is 9.64. The number of likely N-dealkylation sites (tertiary alicyclic amines) is 1. The van der Waals surface area contributed by atoms with Gasteiger partial charge in [0, 0.05) is 18.5 Å². The molecule has 1 amide bonds. The number of rotatable bonds is 7. The number of amides is 1. The topological polar surface area (TPSA) is 64.8 Å². The first-order chi connectivity index (χ1) is 15.2. The predicted octanol–water partition coefficient (Wildman–Crippen LogP) is 4.55. The Hall–Kier alpha value is -3.35. The lowest BCUT2D eigenvalue weighted by atomic mass is 10.0. The molecule has 0 bridgehead atoms. The minimum Gasteiger partial charge on any atom is -0.496 e. The summed E-state index contributed by atoms with van der Waals surface area (Å²) in [4.78, 5) is 19.0. The molecule has 0 N–H and O–H groups in total. The number of oxazole rings is 1. The van der Waals surface area contributed by atoms with E-state index in [9.17, 15) is 9.18 Å². The fourth-order valence-electron chi connectivity index (χ4n) is 3.87. The number of benzene rings is 2. The molecule has 6 nitrogen and oxygen atoms in total. The van der Waals surface area contributed by atoms with Crippen molar-refractivity contribution in [3.63, 3.8) is 0 Å². The third-order valence-corrected chi connectivity index (χ3v) is 5.42. The van der Waals surface area contributed by atoms with Crippen LogP contribution in [-0.4, -0.2) is 36.1 Å². The van der Waals surface area contributed by atoms with Gasteiger partial charge in [0.2, 0.25) is 5.89 Å². The maximum atomic E-state index is 13.8. The van der Waals surface area contributed by atoms with Crippen LogP contribution >= 0.6 is 0 Å². The van der Waals surface area contributed by atoms with Crippen LogP contribution in [0.15, 0.2) is 59.1 Å². The van der Waals surface area contributed by atoms with Gasteiger partial charge in [-0.15, -0.1) is 0 Å². The zero-order chi connectivity index (χ0) is 21.6. The molecule has 1 aromatic heterocycles. The average Bonchev–Trinajstić information content (AvgIpc) is 3.27. The highest BCUT2D eigenvalue weighted by Gasteiger charge is 2.31. The smallest absolute Gasteiger partial charge is 0.261 e. The summed E-state index contributed by atoms with van der Waals surface area (Å²) < 4.78 is 30.6. The van der Waals surface area contributed by atoms with E-state index in [0.29, 0.717) is 24.6 Å². The van der Waals surface area contributed by atoms with Crippen LogP contribution in [0, 0.1) is 5.82 Å². The summed E-state index contributed by atoms with van der Waals surface area (Å²) in [5, 5.41) is 0. The molecule has 0 aliphatic carbocycles. The van der Waals surface area contributed by atoms with Crippen LogP contribution in [0.4, 0.5) is 4.39 Å². The highest BCUT2D eigenvalue weighted by Crippen LogP contribution is 2.32. The lowest BCUT2D eigenvalue weighted by molar-refractivity contribution is -0.137. The molecule has 0 radical (unpaired) electrons. The normalized spacial score (nSPS) is 16.2. The number of carbonyl (C=O) groups is 1. The van der Waals surface area contributed by atoms with Gasteiger partial charge in [-0.2, -0.15) is 0 Å². The van der Waals surface area contributed by atoms with E-state index in [1.165, 1.54) is 12.1 Å². The molecule has 0 saturated carbocycles. The van der Waals surface area contributed by atoms with Crippen molar-refractivity contribution < 1.29 is 23.1 Å². The highest BCUT2D eigenvalue weighted by molar-refractivity contribution is 5.78. The summed E-state index contributed by atoms with van der Waals surface area (Å²) in [5.41, 5.74) is 1.00. The molecule has 7 heteroatoms. The SMILES string of the molecule is COc1ccccc1Cc1cnc([C@H]2CCCCN2C(=O)COc2ccccc2F)o1. The van der Waals surface area contributed by atoms with Gasteiger partial charge in [0.15, 0.2) is 18.2 Å². The van der Waals surface area contributed by atoms with E-state index in [0.717, 1.165) is 30.6 Å². The van der Waals surface area contributed by atoms with E-state index >= 15 is 0 Å². The fourth-order valence-corrected chi connectivity index (χ4v) is 3.87. The first-order valence-electron chi connectivity index (χ1n) is 10.4. The van der Waals surface area contributed by atoms with Crippen molar-refractivity contribution in [2.75, 3.05) is 20.3 Å². The number of para-hydroxylation sites is 2. The van der Waals surface area contributed by atoms with Crippen molar-refractivity contribution in [3.05, 3.63) is 77.8 Å². The largest absolute Gasteiger partial charge is 0.496 e. The second-order valence-corrected chi connectivity index (χ2v) is 7.47. The molecule has 31 heavy (non-hydrogen) atoms. The van der Waals surface area contributed by atoms with E-state index in [-0.39, 0.29) is 24.3 Å². The molecule has 4 rings (SSSR count). The van der Waals surface area contributed by atoms with E-state index < -0.39 is 5.82 Å². The Morgan fingerprint density at radius 1 is 1.16 bits per heavy atom. The zero-order valence-corrected chi connectivity index (χ0v) is 17.4. The molecule has 1 atom stereocenters. The van der Waals surface area contributed by atoms with Crippen molar-refractivity contribution in [3.8, 4) is 11.5 Å². The van der Waals surface area contributed by atoms with Crippen molar-refractivity contribution >= 4 is 5.91 Å². The molecular formula is C24H25FN2O4. The summed E-state index contributed by atoms with van der Waals surface area (Å²) in [6.45, 7) is 0.362. The molecular weight excluding hydrogens is 399 g/mol. The quantitative estimate of drug-likeness (QED) is 0.557. The average molecular weight is 424 g/mol. The summed E-state index contributed by atoms with van der Waals surface area (Å²) in [6, 6.07) is 13.6. The standard InChI is InChI=1S/C24H25FN2O4/c1-29-21-11-4-2-8-17(21)14-18-15-26-24(31-18)20-10-6-7-13-27(20)23(28)16-30-22-12-5-3-9-19(22)25/h2-5,8-9,11-12,15,20H,6-7,10,13-14,16H2,1H3/t20-/m1/s1. The van der Waals surface area contributed by atoms with Crippen LogP contribution in [0.2, 0.25) is 0 Å². The van der Waals surface area contributed by atoms with E-state index in [1.54, 1.807) is 30.3 Å². The number of hydrogen-bond donors (Lipinski definition) is 0. The van der Waals surface area contributed by atoms with Gasteiger partial charge >= 0.3 is 0 Å². The van der Waals surface area contributed by atoms with E-state index in [2.05, 4.69) is 4.98 Å². The molecule has 3 aromatic rings. The van der Waals surface area contributed by atoms with Crippen LogP contribution in [0.5, 0.6) is 11.5 Å². The number of aromatic nitrogens is 1. The van der Waals surface area contributed by atoms with Crippen molar-refractivity contribution in [1.82, 2.24) is 9.88 Å². The predicted molar refractivity (Wildman–Crippen MR) is 113 cm³/mol. The van der Waals surface area contributed by atoms with Gasteiger partial charge in [0.05, 0.1) is 13.3 Å². The molecule has 1 saturated heterocycles. The molecule has 1 aliphatic heterocycles. The van der Waals surface area contributed by atoms with Crippen LogP contribution in [-0.2, 0) is 11.2 Å². The number of methoxy groups -OCH3 is 1. The van der Waals surface area contributed by atoms with Gasteiger partial charge < -0.3 is 18.8 Å². The molecule has 1 aliphatic rings. The van der Waals surface area contributed by atoms with Gasteiger partial charge in [0.25, 0.3) is 5.91 Å². The number of nitrogens with zero attached hydrogens (tertiary/aromatic N) is 2. The van der Waals surface area contributed by atoms with Crippen LogP contribution in [0.25, 0.3) is 0 Å². The van der Waals surface area contributed by atoms with Crippen LogP contribution in [0.3, 0.4) is 0 Å². The third kappa shape index (κ3) is 4.87. The molecule has 162 valence electrons. The minimum absolute atomic E-state index is 0.0691. The summed E-state index contributed by atoms with van der Waals surface area (Å²) in [6.07, 6.45) is 4.90. The van der Waals surface area contributed by atoms with E-state index in [4.69, 9.17) is 13.9 Å². The van der Waals surface area contributed by atoms with Gasteiger partial charge in [-0.1, -0.05) is 30.3 Å². The number of hydrogen-bond acceptors (Lipinski definition) is 5. The summed E-state index contributed by atoms with van der Waals surface area (Å²) in [7, 11) is 1.64. The Labute approximate surface area is 180 Å². The third-order valence-electron chi connectivity index (χ3n) is 5.42. The van der Waals surface area contributed by atoms with Crippen LogP contribution in [0.1, 0.15) is 42.5 Å². The summed E-state index contributed by atoms with van der Waals surface area (Å²) in [5.74, 6) is 1.39. The van der Waals surface area contributed by atoms with Gasteiger partial charge in [-0.25, -0.2) is 9.37 Å². The molecule has 2 aromatic carbocycles. The molecule has 0 spiro atoms. The first kappa shape index (κ1) is 20.9. The second-order valence-electron chi connectivity index (χ2n) is 7.47. The van der Waals surface area contributed by atoms with Crippen molar-refractivity contribution in [2.45, 2.75) is 31.7 Å².